The van der Waals surface area contributed by atoms with E-state index in [1.54, 1.807) is 11.2 Å². The molecule has 0 saturated carbocycles. The third kappa shape index (κ3) is 6.92. The second-order valence-electron chi connectivity index (χ2n) is 5.97. The van der Waals surface area contributed by atoms with Gasteiger partial charge >= 0.3 is 6.09 Å². The molecule has 1 fully saturated rings. The second-order valence-corrected chi connectivity index (χ2v) is 7.53. The molecule has 1 aliphatic rings. The number of rotatable bonds is 4. The molecule has 0 aromatic carbocycles. The Morgan fingerprint density at radius 2 is 1.95 bits per heavy atom. The zero-order valence-corrected chi connectivity index (χ0v) is 13.2. The van der Waals surface area contributed by atoms with Crippen LogP contribution in [0.1, 0.15) is 33.6 Å². The lowest BCUT2D eigenvalue weighted by Gasteiger charge is -2.33. The lowest BCUT2D eigenvalue weighted by Crippen LogP contribution is -2.47. The zero-order valence-electron chi connectivity index (χ0n) is 12.4. The normalized spacial score (nSPS) is 19.3. The maximum atomic E-state index is 11.9. The Morgan fingerprint density at radius 1 is 1.37 bits per heavy atom. The summed E-state index contributed by atoms with van der Waals surface area (Å²) in [5, 5.41) is 3.39. The van der Waals surface area contributed by atoms with Crippen molar-refractivity contribution < 1.29 is 13.7 Å². The number of nitrogens with zero attached hydrogens (tertiary/aromatic N) is 1. The van der Waals surface area contributed by atoms with E-state index in [1.165, 1.54) is 0 Å². The molecule has 112 valence electrons. The predicted octanol–water partition coefficient (Wildman–Crippen LogP) is 1.35. The molecule has 1 rings (SSSR count). The van der Waals surface area contributed by atoms with E-state index >= 15 is 0 Å². The van der Waals surface area contributed by atoms with Crippen LogP contribution in [-0.4, -0.2) is 58.5 Å². The van der Waals surface area contributed by atoms with E-state index < -0.39 is 16.4 Å². The molecule has 1 unspecified atom stereocenters. The smallest absolute Gasteiger partial charge is 0.410 e. The summed E-state index contributed by atoms with van der Waals surface area (Å²) < 4.78 is 16.3. The molecule has 19 heavy (non-hydrogen) atoms. The van der Waals surface area contributed by atoms with Gasteiger partial charge in [-0.05, 0) is 33.6 Å². The minimum atomic E-state index is -0.743. The van der Waals surface area contributed by atoms with E-state index in [0.29, 0.717) is 11.8 Å². The van der Waals surface area contributed by atoms with Crippen LogP contribution in [0.3, 0.4) is 0 Å². The minimum absolute atomic E-state index is 0.222. The van der Waals surface area contributed by atoms with Crippen molar-refractivity contribution in [2.75, 3.05) is 31.6 Å². The maximum Gasteiger partial charge on any atom is 0.410 e. The van der Waals surface area contributed by atoms with Crippen molar-refractivity contribution in [3.8, 4) is 0 Å². The average molecular weight is 290 g/mol. The molecule has 1 atom stereocenters. The van der Waals surface area contributed by atoms with Gasteiger partial charge in [-0.15, -0.1) is 0 Å². The third-order valence-corrected chi connectivity index (χ3v) is 3.75. The van der Waals surface area contributed by atoms with E-state index in [2.05, 4.69) is 5.32 Å². The van der Waals surface area contributed by atoms with Gasteiger partial charge in [-0.3, -0.25) is 4.21 Å². The molecule has 0 aliphatic carbocycles. The van der Waals surface area contributed by atoms with Gasteiger partial charge in [-0.1, -0.05) is 0 Å². The minimum Gasteiger partial charge on any atom is -0.444 e. The van der Waals surface area contributed by atoms with Crippen LogP contribution in [0.25, 0.3) is 0 Å². The van der Waals surface area contributed by atoms with Gasteiger partial charge in [0.15, 0.2) is 0 Å². The van der Waals surface area contributed by atoms with E-state index in [4.69, 9.17) is 4.74 Å². The summed E-state index contributed by atoms with van der Waals surface area (Å²) in [4.78, 5) is 13.6. The first-order chi connectivity index (χ1) is 8.78. The molecular formula is C13H26N2O3S. The number of hydrogen-bond acceptors (Lipinski definition) is 4. The van der Waals surface area contributed by atoms with Crippen molar-refractivity contribution in [2.24, 2.45) is 0 Å². The first-order valence-electron chi connectivity index (χ1n) is 6.79. The fourth-order valence-corrected chi connectivity index (χ4v) is 2.40. The van der Waals surface area contributed by atoms with Gasteiger partial charge in [-0.25, -0.2) is 4.79 Å². The fraction of sp³-hybridized carbons (Fsp3) is 0.923. The number of nitrogens with one attached hydrogen (secondary N) is 1. The highest BCUT2D eigenvalue weighted by molar-refractivity contribution is 7.84. The Morgan fingerprint density at radius 3 is 2.42 bits per heavy atom. The third-order valence-electron chi connectivity index (χ3n) is 2.97. The highest BCUT2D eigenvalue weighted by atomic mass is 32.2. The van der Waals surface area contributed by atoms with Gasteiger partial charge in [-0.2, -0.15) is 0 Å². The van der Waals surface area contributed by atoms with Crippen molar-refractivity contribution in [3.63, 3.8) is 0 Å². The summed E-state index contributed by atoms with van der Waals surface area (Å²) in [5.74, 6) is 0.687. The molecule has 1 heterocycles. The number of likely N-dealkylation sites (tertiary alicyclic amines) is 1. The number of hydrogen-bond donors (Lipinski definition) is 1. The van der Waals surface area contributed by atoms with Crippen LogP contribution in [0.4, 0.5) is 4.79 Å². The maximum absolute atomic E-state index is 11.9. The van der Waals surface area contributed by atoms with Crippen molar-refractivity contribution in [2.45, 2.75) is 45.3 Å². The topological polar surface area (TPSA) is 58.6 Å². The molecule has 0 bridgehead atoms. The van der Waals surface area contributed by atoms with Crippen LogP contribution < -0.4 is 5.32 Å². The van der Waals surface area contributed by atoms with Crippen LogP contribution >= 0.6 is 0 Å². The van der Waals surface area contributed by atoms with Crippen LogP contribution in [-0.2, 0) is 15.5 Å². The second kappa shape index (κ2) is 7.24. The predicted molar refractivity (Wildman–Crippen MR) is 77.8 cm³/mol. The van der Waals surface area contributed by atoms with Gasteiger partial charge in [0.2, 0.25) is 0 Å². The zero-order chi connectivity index (χ0) is 14.5. The SMILES string of the molecule is CS(=O)CCNC1CCN(C(=O)OC(C)(C)C)CC1. The number of ether oxygens (including phenoxy) is 1. The fourth-order valence-electron chi connectivity index (χ4n) is 2.00. The van der Waals surface area contributed by atoms with Crippen molar-refractivity contribution in [1.29, 1.82) is 0 Å². The largest absolute Gasteiger partial charge is 0.444 e. The molecule has 1 saturated heterocycles. The summed E-state index contributed by atoms with van der Waals surface area (Å²) in [6, 6.07) is 0.419. The number of carbonyl (C=O) groups is 1. The Balaban J connectivity index is 2.25. The summed E-state index contributed by atoms with van der Waals surface area (Å²) >= 11 is 0. The number of amides is 1. The molecule has 0 aromatic heterocycles. The molecular weight excluding hydrogens is 264 g/mol. The number of piperidine rings is 1. The average Bonchev–Trinajstić information content (AvgIpc) is 2.27. The van der Waals surface area contributed by atoms with Gasteiger partial charge in [0, 0.05) is 48.5 Å². The summed E-state index contributed by atoms with van der Waals surface area (Å²) in [7, 11) is -0.743. The first kappa shape index (κ1) is 16.4. The molecule has 5 nitrogen and oxygen atoms in total. The van der Waals surface area contributed by atoms with Crippen molar-refractivity contribution in [1.82, 2.24) is 10.2 Å². The highest BCUT2D eigenvalue weighted by Gasteiger charge is 2.26. The van der Waals surface area contributed by atoms with Gasteiger partial charge in [0.05, 0.1) is 0 Å². The summed E-state index contributed by atoms with van der Waals surface area (Å²) in [5.41, 5.74) is -0.433. The van der Waals surface area contributed by atoms with E-state index in [-0.39, 0.29) is 6.09 Å². The Hall–Kier alpha value is -0.620. The molecule has 0 spiro atoms. The summed E-state index contributed by atoms with van der Waals surface area (Å²) in [6.07, 6.45) is 3.35. The van der Waals surface area contributed by atoms with Crippen LogP contribution in [0.5, 0.6) is 0 Å². The summed E-state index contributed by atoms with van der Waals surface area (Å²) in [6.45, 7) is 7.86. The first-order valence-corrected chi connectivity index (χ1v) is 8.52. The van der Waals surface area contributed by atoms with Crippen LogP contribution in [0, 0.1) is 0 Å². The molecule has 1 aliphatic heterocycles. The van der Waals surface area contributed by atoms with Crippen molar-refractivity contribution >= 4 is 16.9 Å². The Bertz CT molecular complexity index is 320. The Labute approximate surface area is 118 Å². The van der Waals surface area contributed by atoms with Gasteiger partial charge < -0.3 is 15.0 Å². The standard InChI is InChI=1S/C13H26N2O3S/c1-13(2,3)18-12(16)15-8-5-11(6-9-15)14-7-10-19(4)17/h11,14H,5-10H2,1-4H3. The molecule has 1 amide bonds. The molecule has 0 radical (unpaired) electrons. The quantitative estimate of drug-likeness (QED) is 0.849. The lowest BCUT2D eigenvalue weighted by molar-refractivity contribution is 0.0199. The van der Waals surface area contributed by atoms with E-state index in [9.17, 15) is 9.00 Å². The van der Waals surface area contributed by atoms with E-state index in [1.807, 2.05) is 20.8 Å². The number of carbonyl (C=O) groups excluding carboxylic acids is 1. The van der Waals surface area contributed by atoms with Crippen LogP contribution in [0.15, 0.2) is 0 Å². The van der Waals surface area contributed by atoms with Gasteiger partial charge in [0.25, 0.3) is 0 Å². The monoisotopic (exact) mass is 290 g/mol. The molecule has 1 N–H and O–H groups in total. The van der Waals surface area contributed by atoms with Crippen molar-refractivity contribution in [3.05, 3.63) is 0 Å². The van der Waals surface area contributed by atoms with Crippen LogP contribution in [0.2, 0.25) is 0 Å². The van der Waals surface area contributed by atoms with Gasteiger partial charge in [0.1, 0.15) is 5.60 Å². The Kier molecular flexibility index (Phi) is 6.26. The molecule has 0 aromatic rings. The highest BCUT2D eigenvalue weighted by Crippen LogP contribution is 2.15. The lowest BCUT2D eigenvalue weighted by atomic mass is 10.1. The molecule has 6 heteroatoms. The van der Waals surface area contributed by atoms with E-state index in [0.717, 1.165) is 32.5 Å².